The molecule has 0 atom stereocenters. The number of aromatic amines is 2. The van der Waals surface area contributed by atoms with Crippen LogP contribution in [0, 0.1) is 18.6 Å². The van der Waals surface area contributed by atoms with Crippen molar-refractivity contribution in [2.45, 2.75) is 13.8 Å². The van der Waals surface area contributed by atoms with Gasteiger partial charge in [0.05, 0.1) is 10.9 Å². The molecule has 0 aliphatic carbocycles. The van der Waals surface area contributed by atoms with E-state index < -0.39 is 0 Å². The van der Waals surface area contributed by atoms with Crippen molar-refractivity contribution in [2.24, 2.45) is 4.99 Å². The summed E-state index contributed by atoms with van der Waals surface area (Å²) in [6.07, 6.45) is 0. The number of amides is 1. The van der Waals surface area contributed by atoms with Gasteiger partial charge >= 0.3 is 0 Å². The predicted octanol–water partition coefficient (Wildman–Crippen LogP) is 0.754. The zero-order valence-electron chi connectivity index (χ0n) is 10.4. The van der Waals surface area contributed by atoms with E-state index in [0.717, 1.165) is 16.3 Å². The van der Waals surface area contributed by atoms with Crippen molar-refractivity contribution in [3.63, 3.8) is 0 Å². The Kier molecular flexibility index (Phi) is 2.43. The molecule has 1 aliphatic rings. The first-order valence-electron chi connectivity index (χ1n) is 5.74. The normalized spacial score (nSPS) is 13.6. The van der Waals surface area contributed by atoms with E-state index in [-0.39, 0.29) is 16.6 Å². The molecule has 1 aliphatic heterocycles. The van der Waals surface area contributed by atoms with Gasteiger partial charge in [-0.2, -0.15) is 0 Å². The number of carbonyl (C=O) groups excluding carboxylic acids is 1. The summed E-state index contributed by atoms with van der Waals surface area (Å²) in [6.45, 7) is 3.81. The molecule has 0 saturated heterocycles. The van der Waals surface area contributed by atoms with Crippen molar-refractivity contribution < 1.29 is 9.90 Å². The van der Waals surface area contributed by atoms with Gasteiger partial charge in [-0.15, -0.1) is 0 Å². The number of hydrogen-bond acceptors (Lipinski definition) is 3. The third kappa shape index (κ3) is 1.64. The van der Waals surface area contributed by atoms with Gasteiger partial charge in [0.2, 0.25) is 5.88 Å². The Balaban J connectivity index is 2.52. The van der Waals surface area contributed by atoms with Crippen LogP contribution < -0.4 is 10.6 Å². The van der Waals surface area contributed by atoms with Crippen molar-refractivity contribution in [1.82, 2.24) is 9.97 Å². The molecular formula is C13H11N3O2S. The van der Waals surface area contributed by atoms with Crippen LogP contribution in [0.2, 0.25) is 0 Å². The zero-order valence-corrected chi connectivity index (χ0v) is 11.2. The van der Waals surface area contributed by atoms with Crippen LogP contribution in [0.25, 0.3) is 5.57 Å². The number of nitrogens with one attached hydrogen (secondary N) is 2. The summed E-state index contributed by atoms with van der Waals surface area (Å²) in [5, 5.41) is 11.2. The molecule has 0 spiro atoms. The molecule has 96 valence electrons. The maximum Gasteiger partial charge on any atom is 0.280 e. The Morgan fingerprint density at radius 2 is 1.89 bits per heavy atom. The Morgan fingerprint density at radius 1 is 1.21 bits per heavy atom. The Morgan fingerprint density at radius 3 is 2.53 bits per heavy atom. The highest BCUT2D eigenvalue weighted by atomic mass is 32.1. The molecule has 1 aromatic carbocycles. The molecular weight excluding hydrogens is 262 g/mol. The van der Waals surface area contributed by atoms with Gasteiger partial charge in [-0.1, -0.05) is 12.1 Å². The standard InChI is InChI=1S/C13H11N3O2S/c1-5-3-4-6(2)9-7(5)8(11(17)14-9)10-12(18)16-13(19)15-10/h3-4,18H,1-2H3,(H2,15,16,19). The number of aromatic nitrogens is 2. The highest BCUT2D eigenvalue weighted by Crippen LogP contribution is 2.21. The molecule has 3 N–H and O–H groups in total. The molecule has 0 bridgehead atoms. The van der Waals surface area contributed by atoms with Crippen molar-refractivity contribution >= 4 is 23.7 Å². The van der Waals surface area contributed by atoms with Crippen LogP contribution >= 0.6 is 12.2 Å². The lowest BCUT2D eigenvalue weighted by Gasteiger charge is -2.00. The first-order valence-corrected chi connectivity index (χ1v) is 6.15. The molecule has 5 nitrogen and oxygen atoms in total. The maximum absolute atomic E-state index is 12.1. The van der Waals surface area contributed by atoms with Crippen LogP contribution in [0.1, 0.15) is 16.8 Å². The molecule has 6 heteroatoms. The first-order chi connectivity index (χ1) is 8.99. The summed E-state index contributed by atoms with van der Waals surface area (Å²) in [5.74, 6) is -0.509. The molecule has 0 unspecified atom stereocenters. The second-order valence-corrected chi connectivity index (χ2v) is 4.93. The topological polar surface area (TPSA) is 81.2 Å². The fraction of sp³-hybridized carbons (Fsp3) is 0.154. The van der Waals surface area contributed by atoms with E-state index in [4.69, 9.17) is 12.2 Å². The predicted molar refractivity (Wildman–Crippen MR) is 71.9 cm³/mol. The molecule has 1 aromatic heterocycles. The summed E-state index contributed by atoms with van der Waals surface area (Å²) in [7, 11) is 0. The SMILES string of the molecule is Cc1ccc(C)c2c1=NC(=O)C=2c1[nH]c(=S)[nH]c1O. The van der Waals surface area contributed by atoms with Gasteiger partial charge in [0, 0.05) is 5.22 Å². The number of aromatic hydroxyl groups is 1. The first kappa shape index (κ1) is 11.9. The number of benzene rings is 1. The van der Waals surface area contributed by atoms with E-state index in [9.17, 15) is 9.90 Å². The number of imidazole rings is 1. The van der Waals surface area contributed by atoms with Gasteiger partial charge in [-0.25, -0.2) is 4.99 Å². The van der Waals surface area contributed by atoms with Gasteiger partial charge in [0.15, 0.2) is 4.77 Å². The van der Waals surface area contributed by atoms with Crippen LogP contribution in [0.15, 0.2) is 17.1 Å². The molecule has 0 saturated carbocycles. The quantitative estimate of drug-likeness (QED) is 0.671. The van der Waals surface area contributed by atoms with Crippen LogP contribution in [-0.2, 0) is 4.79 Å². The van der Waals surface area contributed by atoms with Gasteiger partial charge < -0.3 is 15.1 Å². The summed E-state index contributed by atoms with van der Waals surface area (Å²) in [4.78, 5) is 21.5. The highest BCUT2D eigenvalue weighted by Gasteiger charge is 2.24. The molecule has 0 radical (unpaired) electrons. The summed E-state index contributed by atoms with van der Waals surface area (Å²) < 4.78 is 0.270. The van der Waals surface area contributed by atoms with Crippen LogP contribution in [0.4, 0.5) is 0 Å². The second-order valence-electron chi connectivity index (χ2n) is 4.52. The minimum Gasteiger partial charge on any atom is -0.493 e. The van der Waals surface area contributed by atoms with Gasteiger partial charge in [0.1, 0.15) is 5.69 Å². The van der Waals surface area contributed by atoms with Crippen LogP contribution in [0.5, 0.6) is 5.88 Å². The number of H-pyrrole nitrogens is 2. The largest absolute Gasteiger partial charge is 0.493 e. The summed E-state index contributed by atoms with van der Waals surface area (Å²) in [5.41, 5.74) is 2.52. The van der Waals surface area contributed by atoms with E-state index in [0.29, 0.717) is 16.6 Å². The van der Waals surface area contributed by atoms with E-state index in [1.165, 1.54) is 0 Å². The lowest BCUT2D eigenvalue weighted by molar-refractivity contribution is -0.112. The van der Waals surface area contributed by atoms with Crippen LogP contribution in [0.3, 0.4) is 0 Å². The Hall–Kier alpha value is -2.21. The maximum atomic E-state index is 12.1. The van der Waals surface area contributed by atoms with Gasteiger partial charge in [0.25, 0.3) is 5.91 Å². The van der Waals surface area contributed by atoms with E-state index in [1.54, 1.807) is 0 Å². The fourth-order valence-electron chi connectivity index (χ4n) is 2.31. The van der Waals surface area contributed by atoms with Gasteiger partial charge in [-0.05, 0) is 37.2 Å². The number of rotatable bonds is 1. The smallest absolute Gasteiger partial charge is 0.280 e. The lowest BCUT2D eigenvalue weighted by atomic mass is 10.0. The summed E-state index contributed by atoms with van der Waals surface area (Å²) in [6, 6.07) is 3.85. The number of fused-ring (bicyclic) bond motifs is 1. The average molecular weight is 273 g/mol. The number of carbonyl (C=O) groups is 1. The minimum atomic E-state index is -0.368. The van der Waals surface area contributed by atoms with Gasteiger partial charge in [-0.3, -0.25) is 4.79 Å². The number of hydrogen-bond donors (Lipinski definition) is 3. The Labute approximate surface area is 113 Å². The van der Waals surface area contributed by atoms with Crippen molar-refractivity contribution in [1.29, 1.82) is 0 Å². The third-order valence-corrected chi connectivity index (χ3v) is 3.43. The van der Waals surface area contributed by atoms with Crippen molar-refractivity contribution in [3.8, 4) is 5.88 Å². The molecule has 2 heterocycles. The zero-order chi connectivity index (χ0) is 13.7. The second kappa shape index (κ2) is 3.89. The fourth-order valence-corrected chi connectivity index (χ4v) is 2.51. The summed E-state index contributed by atoms with van der Waals surface area (Å²) >= 11 is 4.93. The molecule has 1 amide bonds. The molecule has 3 rings (SSSR count). The Bertz CT molecular complexity index is 890. The van der Waals surface area contributed by atoms with E-state index in [2.05, 4.69) is 15.0 Å². The lowest BCUT2D eigenvalue weighted by Crippen LogP contribution is -2.29. The number of nitrogens with zero attached hydrogens (tertiary/aromatic N) is 1. The monoisotopic (exact) mass is 273 g/mol. The average Bonchev–Trinajstić information content (AvgIpc) is 2.84. The van der Waals surface area contributed by atoms with Crippen LogP contribution in [-0.4, -0.2) is 21.0 Å². The van der Waals surface area contributed by atoms with Crippen molar-refractivity contribution in [3.05, 3.63) is 44.3 Å². The highest BCUT2D eigenvalue weighted by molar-refractivity contribution is 7.71. The van der Waals surface area contributed by atoms with E-state index >= 15 is 0 Å². The molecule has 2 aromatic rings. The number of aryl methyl sites for hydroxylation is 2. The molecule has 19 heavy (non-hydrogen) atoms. The third-order valence-electron chi connectivity index (χ3n) is 3.22. The van der Waals surface area contributed by atoms with E-state index in [1.807, 2.05) is 26.0 Å². The molecule has 0 fully saturated rings. The van der Waals surface area contributed by atoms with Crippen molar-refractivity contribution in [2.75, 3.05) is 0 Å². The minimum absolute atomic E-state index is 0.141.